The summed E-state index contributed by atoms with van der Waals surface area (Å²) in [7, 11) is 2.75. The van der Waals surface area contributed by atoms with Crippen molar-refractivity contribution in [1.29, 1.82) is 0 Å². The zero-order valence-corrected chi connectivity index (χ0v) is 12.1. The van der Waals surface area contributed by atoms with E-state index in [1.54, 1.807) is 0 Å². The molecule has 0 bridgehead atoms. The van der Waals surface area contributed by atoms with Crippen LogP contribution in [0.25, 0.3) is 0 Å². The molecule has 0 spiro atoms. The molecule has 6 heteroatoms. The molecule has 112 valence electrons. The third kappa shape index (κ3) is 2.94. The lowest BCUT2D eigenvalue weighted by Crippen LogP contribution is -2.06. The number of rotatable bonds is 4. The number of methoxy groups -OCH3 is 2. The predicted molar refractivity (Wildman–Crippen MR) is 75.0 cm³/mol. The van der Waals surface area contributed by atoms with Gasteiger partial charge < -0.3 is 14.6 Å². The summed E-state index contributed by atoms with van der Waals surface area (Å²) in [5.41, 5.74) is -0.248. The zero-order valence-electron chi connectivity index (χ0n) is 11.4. The van der Waals surface area contributed by atoms with Crippen molar-refractivity contribution < 1.29 is 23.4 Å². The molecular formula is C15H13ClF2O3. The molecule has 2 aromatic rings. The van der Waals surface area contributed by atoms with Crippen LogP contribution in [0.2, 0.25) is 5.02 Å². The number of benzene rings is 2. The van der Waals surface area contributed by atoms with E-state index < -0.39 is 17.7 Å². The zero-order chi connectivity index (χ0) is 15.6. The molecule has 1 unspecified atom stereocenters. The second-order valence-electron chi connectivity index (χ2n) is 4.27. The molecule has 3 nitrogen and oxygen atoms in total. The predicted octanol–water partition coefficient (Wildman–Crippen LogP) is 3.72. The molecule has 0 saturated heterocycles. The first kappa shape index (κ1) is 15.5. The molecule has 2 aromatic carbocycles. The van der Waals surface area contributed by atoms with Gasteiger partial charge in [0.1, 0.15) is 17.7 Å². The third-order valence-electron chi connectivity index (χ3n) is 3.07. The Morgan fingerprint density at radius 1 is 1.05 bits per heavy atom. The van der Waals surface area contributed by atoms with Gasteiger partial charge >= 0.3 is 0 Å². The first-order valence-electron chi connectivity index (χ1n) is 6.03. The fraction of sp³-hybridized carbons (Fsp3) is 0.200. The summed E-state index contributed by atoms with van der Waals surface area (Å²) in [6, 6.07) is 6.49. The Morgan fingerprint density at radius 3 is 2.29 bits per heavy atom. The van der Waals surface area contributed by atoms with E-state index in [1.165, 1.54) is 38.5 Å². The smallest absolute Gasteiger partial charge is 0.163 e. The van der Waals surface area contributed by atoms with Crippen LogP contribution in [-0.4, -0.2) is 19.3 Å². The van der Waals surface area contributed by atoms with Gasteiger partial charge in [-0.3, -0.25) is 0 Å². The molecule has 2 rings (SSSR count). The van der Waals surface area contributed by atoms with Crippen molar-refractivity contribution in [2.45, 2.75) is 6.10 Å². The van der Waals surface area contributed by atoms with Gasteiger partial charge in [0.05, 0.1) is 19.2 Å². The summed E-state index contributed by atoms with van der Waals surface area (Å²) in [5, 5.41) is 10.1. The van der Waals surface area contributed by atoms with E-state index in [0.717, 1.165) is 6.07 Å². The molecule has 0 amide bonds. The van der Waals surface area contributed by atoms with Gasteiger partial charge in [0, 0.05) is 17.2 Å². The number of hydrogen-bond acceptors (Lipinski definition) is 3. The summed E-state index contributed by atoms with van der Waals surface area (Å²) in [6.45, 7) is 0. The van der Waals surface area contributed by atoms with Gasteiger partial charge in [-0.15, -0.1) is 0 Å². The Labute approximate surface area is 125 Å². The van der Waals surface area contributed by atoms with Crippen molar-refractivity contribution in [2.24, 2.45) is 0 Å². The monoisotopic (exact) mass is 314 g/mol. The van der Waals surface area contributed by atoms with E-state index in [0.29, 0.717) is 0 Å². The molecule has 0 aliphatic heterocycles. The van der Waals surface area contributed by atoms with Crippen LogP contribution in [0.4, 0.5) is 8.78 Å². The van der Waals surface area contributed by atoms with Gasteiger partial charge in [-0.25, -0.2) is 8.78 Å². The van der Waals surface area contributed by atoms with Gasteiger partial charge in [0.25, 0.3) is 0 Å². The van der Waals surface area contributed by atoms with E-state index >= 15 is 0 Å². The molecular weight excluding hydrogens is 302 g/mol. The summed E-state index contributed by atoms with van der Waals surface area (Å²) in [6.07, 6.45) is -1.51. The fourth-order valence-corrected chi connectivity index (χ4v) is 2.16. The molecule has 1 atom stereocenters. The number of aliphatic hydroxyl groups is 1. The first-order valence-corrected chi connectivity index (χ1v) is 6.40. The van der Waals surface area contributed by atoms with Crippen molar-refractivity contribution in [2.75, 3.05) is 14.2 Å². The van der Waals surface area contributed by atoms with E-state index in [4.69, 9.17) is 21.1 Å². The molecule has 0 aliphatic carbocycles. The molecule has 1 N–H and O–H groups in total. The number of aliphatic hydroxyl groups excluding tert-OH is 1. The third-order valence-corrected chi connectivity index (χ3v) is 3.37. The Kier molecular flexibility index (Phi) is 4.65. The Bertz CT molecular complexity index is 662. The normalized spacial score (nSPS) is 12.1. The van der Waals surface area contributed by atoms with E-state index in [1.807, 2.05) is 0 Å². The lowest BCUT2D eigenvalue weighted by Gasteiger charge is -2.16. The molecule has 0 aliphatic rings. The number of hydrogen-bond donors (Lipinski definition) is 1. The summed E-state index contributed by atoms with van der Waals surface area (Å²) < 4.78 is 38.0. The van der Waals surface area contributed by atoms with E-state index in [2.05, 4.69) is 0 Å². The minimum atomic E-state index is -1.51. The van der Waals surface area contributed by atoms with Crippen LogP contribution in [0.15, 0.2) is 30.3 Å². The topological polar surface area (TPSA) is 38.7 Å². The highest BCUT2D eigenvalue weighted by atomic mass is 35.5. The maximum Gasteiger partial charge on any atom is 0.163 e. The van der Waals surface area contributed by atoms with Crippen molar-refractivity contribution in [1.82, 2.24) is 0 Å². The minimum absolute atomic E-state index is 0.117. The maximum absolute atomic E-state index is 14.1. The van der Waals surface area contributed by atoms with Crippen LogP contribution in [-0.2, 0) is 0 Å². The molecule has 0 radical (unpaired) electrons. The van der Waals surface area contributed by atoms with Gasteiger partial charge in [-0.2, -0.15) is 0 Å². The molecule has 0 fully saturated rings. The lowest BCUT2D eigenvalue weighted by molar-refractivity contribution is 0.208. The Hall–Kier alpha value is -1.85. The Balaban J connectivity index is 2.53. The van der Waals surface area contributed by atoms with Gasteiger partial charge in [0.2, 0.25) is 0 Å². The summed E-state index contributed by atoms with van der Waals surface area (Å²) in [5.74, 6) is -1.12. The first-order chi connectivity index (χ1) is 9.99. The van der Waals surface area contributed by atoms with Crippen LogP contribution in [0.5, 0.6) is 11.5 Å². The van der Waals surface area contributed by atoms with Crippen molar-refractivity contribution in [3.05, 3.63) is 58.1 Å². The van der Waals surface area contributed by atoms with Crippen LogP contribution in [0.1, 0.15) is 17.2 Å². The van der Waals surface area contributed by atoms with Gasteiger partial charge in [-0.1, -0.05) is 23.7 Å². The molecule has 0 saturated carbocycles. The van der Waals surface area contributed by atoms with E-state index in [-0.39, 0.29) is 27.6 Å². The Morgan fingerprint density at radius 2 is 1.67 bits per heavy atom. The van der Waals surface area contributed by atoms with Crippen LogP contribution in [0.3, 0.4) is 0 Å². The minimum Gasteiger partial charge on any atom is -0.493 e. The summed E-state index contributed by atoms with van der Waals surface area (Å²) >= 11 is 5.67. The number of halogens is 3. The van der Waals surface area contributed by atoms with Gasteiger partial charge in [0.15, 0.2) is 11.5 Å². The largest absolute Gasteiger partial charge is 0.493 e. The SMILES string of the molecule is COc1cc(F)c(C(O)c2cccc(Cl)c2F)cc1OC. The quantitative estimate of drug-likeness (QED) is 0.935. The second-order valence-corrected chi connectivity index (χ2v) is 4.68. The average molecular weight is 315 g/mol. The highest BCUT2D eigenvalue weighted by Crippen LogP contribution is 2.36. The van der Waals surface area contributed by atoms with Gasteiger partial charge in [-0.05, 0) is 12.1 Å². The van der Waals surface area contributed by atoms with Crippen LogP contribution < -0.4 is 9.47 Å². The second kappa shape index (κ2) is 6.28. The fourth-order valence-electron chi connectivity index (χ4n) is 1.98. The highest BCUT2D eigenvalue weighted by molar-refractivity contribution is 6.30. The molecule has 21 heavy (non-hydrogen) atoms. The lowest BCUT2D eigenvalue weighted by atomic mass is 10.00. The standard InChI is InChI=1S/C15H13ClF2O3/c1-20-12-6-9(11(17)7-13(12)21-2)15(19)8-4-3-5-10(16)14(8)18/h3-7,15,19H,1-2H3. The molecule has 0 aromatic heterocycles. The summed E-state index contributed by atoms with van der Waals surface area (Å²) in [4.78, 5) is 0. The van der Waals surface area contributed by atoms with Crippen molar-refractivity contribution in [3.8, 4) is 11.5 Å². The number of ether oxygens (including phenoxy) is 2. The average Bonchev–Trinajstić information content (AvgIpc) is 2.49. The molecule has 0 heterocycles. The van der Waals surface area contributed by atoms with Crippen LogP contribution >= 0.6 is 11.6 Å². The maximum atomic E-state index is 14.1. The highest BCUT2D eigenvalue weighted by Gasteiger charge is 2.22. The van der Waals surface area contributed by atoms with Crippen LogP contribution in [0, 0.1) is 11.6 Å². The van der Waals surface area contributed by atoms with Crippen molar-refractivity contribution >= 4 is 11.6 Å². The van der Waals surface area contributed by atoms with Crippen molar-refractivity contribution in [3.63, 3.8) is 0 Å². The van der Waals surface area contributed by atoms with E-state index in [9.17, 15) is 13.9 Å².